The van der Waals surface area contributed by atoms with Crippen LogP contribution in [0.15, 0.2) is 12.2 Å². The Kier molecular flexibility index (Phi) is 8.27. The van der Waals surface area contributed by atoms with E-state index >= 15 is 0 Å². The van der Waals surface area contributed by atoms with Crippen LogP contribution in [-0.4, -0.2) is 87.1 Å². The number of carbonyl (C=O) groups excluding carboxylic acids is 1. The molecule has 0 aromatic rings. The van der Waals surface area contributed by atoms with Gasteiger partial charge in [-0.25, -0.2) is 4.79 Å². The molecule has 5 aliphatic rings. The molecule has 0 spiro atoms. The number of aliphatic hydroxyl groups is 5. The topological polar surface area (TPSA) is 146 Å². The maximum atomic E-state index is 12.3. The normalized spacial score (nSPS) is 51.7. The maximum absolute atomic E-state index is 12.3. The van der Waals surface area contributed by atoms with Gasteiger partial charge in [-0.15, -0.1) is 0 Å². The Hall–Kier alpha value is -1.07. The van der Waals surface area contributed by atoms with E-state index in [1.54, 1.807) is 13.0 Å². The molecule has 13 atom stereocenters. The van der Waals surface area contributed by atoms with Crippen molar-refractivity contribution >= 4 is 5.97 Å². The molecule has 1 aliphatic heterocycles. The van der Waals surface area contributed by atoms with Crippen LogP contribution in [0.2, 0.25) is 0 Å². The fraction of sp³-hybridized carbons (Fsp3) is 0.900. The Morgan fingerprint density at radius 3 is 2.46 bits per heavy atom. The number of ether oxygens (including phenoxy) is 3. The first-order valence-electron chi connectivity index (χ1n) is 15.0. The zero-order valence-corrected chi connectivity index (χ0v) is 23.6. The van der Waals surface area contributed by atoms with Gasteiger partial charge in [0.25, 0.3) is 0 Å². The molecule has 0 radical (unpaired) electrons. The molecular weight excluding hydrogens is 504 g/mol. The molecule has 0 aromatic heterocycles. The molecule has 0 bridgehead atoms. The van der Waals surface area contributed by atoms with E-state index < -0.39 is 42.9 Å². The Labute approximate surface area is 231 Å². The molecule has 13 unspecified atom stereocenters. The van der Waals surface area contributed by atoms with Gasteiger partial charge in [0.2, 0.25) is 0 Å². The highest BCUT2D eigenvalue weighted by Crippen LogP contribution is 2.69. The van der Waals surface area contributed by atoms with Gasteiger partial charge in [-0.3, -0.25) is 0 Å². The molecule has 5 rings (SSSR count). The molecule has 0 amide bonds. The Balaban J connectivity index is 1.26. The fourth-order valence-electron chi connectivity index (χ4n) is 9.41. The van der Waals surface area contributed by atoms with Gasteiger partial charge in [-0.2, -0.15) is 0 Å². The first kappa shape index (κ1) is 29.4. The summed E-state index contributed by atoms with van der Waals surface area (Å²) in [5, 5.41) is 52.5. The first-order chi connectivity index (χ1) is 18.5. The third kappa shape index (κ3) is 4.80. The molecule has 9 nitrogen and oxygen atoms in total. The van der Waals surface area contributed by atoms with E-state index in [1.165, 1.54) is 0 Å². The third-order valence-electron chi connectivity index (χ3n) is 11.8. The molecule has 4 aliphatic carbocycles. The summed E-state index contributed by atoms with van der Waals surface area (Å²) in [6.07, 6.45) is 5.19. The van der Waals surface area contributed by atoms with Crippen LogP contribution in [-0.2, 0) is 19.0 Å². The Bertz CT molecular complexity index is 924. The number of fused-ring (bicyclic) bond motifs is 5. The summed E-state index contributed by atoms with van der Waals surface area (Å²) < 4.78 is 16.9. The summed E-state index contributed by atoms with van der Waals surface area (Å²) >= 11 is 0. The summed E-state index contributed by atoms with van der Waals surface area (Å²) in [6, 6.07) is 0. The number of carbonyl (C=O) groups is 1. The SMILES string of the molecule is CCOC(=O)/C=C/C1CCC2(O)C3CCC4CC(OC5OC(CO)C(O)C(O)C5O)CCC4(C)C3CCC12C. The number of rotatable bonds is 6. The molecule has 1 heterocycles. The lowest BCUT2D eigenvalue weighted by atomic mass is 9.43. The van der Waals surface area contributed by atoms with Crippen LogP contribution in [0.1, 0.15) is 78.6 Å². The zero-order valence-electron chi connectivity index (χ0n) is 23.6. The molecule has 39 heavy (non-hydrogen) atoms. The average Bonchev–Trinajstić information content (AvgIpc) is 3.18. The second kappa shape index (κ2) is 11.0. The fourth-order valence-corrected chi connectivity index (χ4v) is 9.41. The van der Waals surface area contributed by atoms with Crippen molar-refractivity contribution in [3.63, 3.8) is 0 Å². The van der Waals surface area contributed by atoms with Crippen LogP contribution < -0.4 is 0 Å². The highest BCUT2D eigenvalue weighted by molar-refractivity contribution is 5.81. The van der Waals surface area contributed by atoms with Gasteiger partial charge in [0.1, 0.15) is 24.4 Å². The third-order valence-corrected chi connectivity index (χ3v) is 11.8. The van der Waals surface area contributed by atoms with E-state index in [0.717, 1.165) is 57.8 Å². The summed E-state index contributed by atoms with van der Waals surface area (Å²) in [5.41, 5.74) is -0.935. The second-order valence-electron chi connectivity index (χ2n) is 13.4. The number of hydrogen-bond acceptors (Lipinski definition) is 9. The van der Waals surface area contributed by atoms with Crippen LogP contribution in [0.5, 0.6) is 0 Å². The summed E-state index contributed by atoms with van der Waals surface area (Å²) in [7, 11) is 0. The number of allylic oxidation sites excluding steroid dienone is 1. The molecule has 0 aromatic carbocycles. The van der Waals surface area contributed by atoms with Crippen LogP contribution in [0.25, 0.3) is 0 Å². The van der Waals surface area contributed by atoms with E-state index in [2.05, 4.69) is 13.8 Å². The molecule has 222 valence electrons. The monoisotopic (exact) mass is 552 g/mol. The lowest BCUT2D eigenvalue weighted by molar-refractivity contribution is -0.317. The first-order valence-corrected chi connectivity index (χ1v) is 15.0. The number of aliphatic hydroxyl groups excluding tert-OH is 4. The number of esters is 1. The van der Waals surface area contributed by atoms with Gasteiger partial charge in [0.15, 0.2) is 6.29 Å². The van der Waals surface area contributed by atoms with Gasteiger partial charge >= 0.3 is 5.97 Å². The van der Waals surface area contributed by atoms with Crippen LogP contribution in [0, 0.1) is 34.5 Å². The van der Waals surface area contributed by atoms with Crippen molar-refractivity contribution in [1.82, 2.24) is 0 Å². The smallest absolute Gasteiger partial charge is 0.330 e. The summed E-state index contributed by atoms with van der Waals surface area (Å²) in [6.45, 7) is 6.29. The van der Waals surface area contributed by atoms with Crippen molar-refractivity contribution in [3.05, 3.63) is 12.2 Å². The van der Waals surface area contributed by atoms with Gasteiger partial charge in [-0.1, -0.05) is 19.9 Å². The van der Waals surface area contributed by atoms with Crippen molar-refractivity contribution in [2.75, 3.05) is 13.2 Å². The van der Waals surface area contributed by atoms with Crippen molar-refractivity contribution in [2.24, 2.45) is 34.5 Å². The minimum atomic E-state index is -1.44. The van der Waals surface area contributed by atoms with E-state index in [1.807, 2.05) is 6.08 Å². The molecule has 5 fully saturated rings. The van der Waals surface area contributed by atoms with Crippen molar-refractivity contribution in [1.29, 1.82) is 0 Å². The van der Waals surface area contributed by atoms with Gasteiger partial charge < -0.3 is 39.7 Å². The highest BCUT2D eigenvalue weighted by Gasteiger charge is 2.66. The highest BCUT2D eigenvalue weighted by atomic mass is 16.7. The molecule has 1 saturated heterocycles. The van der Waals surface area contributed by atoms with E-state index in [0.29, 0.717) is 18.4 Å². The Morgan fingerprint density at radius 2 is 1.74 bits per heavy atom. The van der Waals surface area contributed by atoms with Crippen LogP contribution in [0.4, 0.5) is 0 Å². The molecular formula is C30H48O9. The van der Waals surface area contributed by atoms with E-state index in [-0.39, 0.29) is 34.7 Å². The van der Waals surface area contributed by atoms with Gasteiger partial charge in [-0.05, 0) is 93.8 Å². The van der Waals surface area contributed by atoms with Crippen molar-refractivity contribution < 1.29 is 44.5 Å². The standard InChI is InChI=1S/C30H48O9/c1-4-37-23(32)8-6-17-9-14-30(36)21-7-5-18-15-19(10-12-28(18,2)20(21)11-13-29(17,30)3)38-27-26(35)25(34)24(33)22(16-31)39-27/h6,8,17-22,24-27,31,33-36H,4-5,7,9-16H2,1-3H3/b8-6+. The minimum absolute atomic E-state index is 0.0775. The number of hydrogen-bond donors (Lipinski definition) is 5. The average molecular weight is 553 g/mol. The Morgan fingerprint density at radius 1 is 0.974 bits per heavy atom. The molecule has 4 saturated carbocycles. The molecule has 9 heteroatoms. The molecule has 5 N–H and O–H groups in total. The zero-order chi connectivity index (χ0) is 28.2. The lowest BCUT2D eigenvalue weighted by Gasteiger charge is -2.63. The van der Waals surface area contributed by atoms with Crippen LogP contribution in [0.3, 0.4) is 0 Å². The predicted molar refractivity (Wildman–Crippen MR) is 141 cm³/mol. The quantitative estimate of drug-likeness (QED) is 0.190. The maximum Gasteiger partial charge on any atom is 0.330 e. The summed E-state index contributed by atoms with van der Waals surface area (Å²) in [5.74, 6) is 0.884. The van der Waals surface area contributed by atoms with Gasteiger partial charge in [0, 0.05) is 11.5 Å². The minimum Gasteiger partial charge on any atom is -0.463 e. The van der Waals surface area contributed by atoms with Crippen LogP contribution >= 0.6 is 0 Å². The second-order valence-corrected chi connectivity index (χ2v) is 13.4. The van der Waals surface area contributed by atoms with E-state index in [9.17, 15) is 30.3 Å². The van der Waals surface area contributed by atoms with Crippen molar-refractivity contribution in [3.8, 4) is 0 Å². The summed E-state index contributed by atoms with van der Waals surface area (Å²) in [4.78, 5) is 12.0. The lowest BCUT2D eigenvalue weighted by Crippen LogP contribution is -2.62. The van der Waals surface area contributed by atoms with Gasteiger partial charge in [0.05, 0.1) is 24.9 Å². The largest absolute Gasteiger partial charge is 0.463 e. The predicted octanol–water partition coefficient (Wildman–Crippen LogP) is 2.06. The van der Waals surface area contributed by atoms with Crippen molar-refractivity contribution in [2.45, 2.75) is 121 Å². The van der Waals surface area contributed by atoms with E-state index in [4.69, 9.17) is 14.2 Å².